The summed E-state index contributed by atoms with van der Waals surface area (Å²) < 4.78 is 21.7. The molecule has 6 atom stereocenters. The maximum atomic E-state index is 12.7. The molecule has 12 heteroatoms. The number of hydrogen-bond acceptors (Lipinski definition) is 12. The second-order valence-electron chi connectivity index (χ2n) is 8.23. The Morgan fingerprint density at radius 1 is 1.00 bits per heavy atom. The summed E-state index contributed by atoms with van der Waals surface area (Å²) in [6.45, 7) is 0.743. The van der Waals surface area contributed by atoms with E-state index in [1.807, 2.05) is 0 Å². The van der Waals surface area contributed by atoms with Crippen molar-refractivity contribution in [2.75, 3.05) is 6.61 Å². The maximum absolute atomic E-state index is 12.7. The van der Waals surface area contributed by atoms with Crippen LogP contribution in [0.2, 0.25) is 0 Å². The Balaban J connectivity index is 1.57. The van der Waals surface area contributed by atoms with Gasteiger partial charge in [-0.25, -0.2) is 0 Å². The number of aliphatic hydroxyl groups is 3. The van der Waals surface area contributed by atoms with E-state index in [-0.39, 0.29) is 29.2 Å². The minimum Gasteiger partial charge on any atom is -0.507 e. The molecule has 2 aromatic rings. The van der Waals surface area contributed by atoms with E-state index in [1.165, 1.54) is 24.3 Å². The first kappa shape index (κ1) is 24.5. The normalized spacial score (nSPS) is 28.1. The summed E-state index contributed by atoms with van der Waals surface area (Å²) in [6, 6.07) is 6.34. The molecule has 0 bridgehead atoms. The van der Waals surface area contributed by atoms with E-state index in [0.717, 1.165) is 13.0 Å². The summed E-state index contributed by atoms with van der Waals surface area (Å²) in [4.78, 5) is 23.8. The van der Waals surface area contributed by atoms with Gasteiger partial charge in [0.2, 0.25) is 6.29 Å². The summed E-state index contributed by atoms with van der Waals surface area (Å²) in [5.41, 5.74) is 0.312. The van der Waals surface area contributed by atoms with Gasteiger partial charge in [-0.15, -0.1) is 0 Å². The Morgan fingerprint density at radius 2 is 1.74 bits per heavy atom. The fourth-order valence-electron chi connectivity index (χ4n) is 3.89. The first-order valence-corrected chi connectivity index (χ1v) is 10.6. The van der Waals surface area contributed by atoms with Crippen LogP contribution in [0.25, 0.3) is 0 Å². The molecule has 2 aromatic carbocycles. The minimum atomic E-state index is -1.70. The molecule has 35 heavy (non-hydrogen) atoms. The Morgan fingerprint density at radius 3 is 2.43 bits per heavy atom. The molecule has 0 saturated carbocycles. The van der Waals surface area contributed by atoms with Gasteiger partial charge in [0.25, 0.3) is 0 Å². The van der Waals surface area contributed by atoms with Crippen LogP contribution < -0.4 is 9.47 Å². The van der Waals surface area contributed by atoms with Crippen LogP contribution in [0.5, 0.6) is 28.7 Å². The van der Waals surface area contributed by atoms with Crippen LogP contribution in [0.1, 0.15) is 35.4 Å². The van der Waals surface area contributed by atoms with Crippen molar-refractivity contribution in [1.82, 2.24) is 0 Å². The SMILES string of the molecule is CC(=O)OC[C@H]1O[C@@H](Oc2cc(O)c3c(c2)O[C@H](c2ccc(O)c(O)c2)CC3=O)[C@H](O)[C@@H](O)[C@@H]1O. The molecule has 0 aromatic heterocycles. The van der Waals surface area contributed by atoms with Crippen LogP contribution in [-0.2, 0) is 14.3 Å². The molecule has 0 amide bonds. The van der Waals surface area contributed by atoms with Crippen molar-refractivity contribution in [3.05, 3.63) is 41.5 Å². The molecular weight excluding hydrogens is 468 g/mol. The number of aliphatic hydroxyl groups excluding tert-OH is 3. The highest BCUT2D eigenvalue weighted by molar-refractivity contribution is 6.02. The fourth-order valence-corrected chi connectivity index (χ4v) is 3.89. The highest BCUT2D eigenvalue weighted by Gasteiger charge is 2.45. The second-order valence-corrected chi connectivity index (χ2v) is 8.23. The van der Waals surface area contributed by atoms with E-state index in [9.17, 15) is 40.2 Å². The Hall–Kier alpha value is -3.58. The standard InChI is InChI=1S/C23H24O12/c1-9(24)32-8-18-20(29)21(30)22(31)23(35-18)33-11-5-14(27)19-15(28)7-16(34-17(19)6-11)10-2-3-12(25)13(26)4-10/h2-6,16,18,20-23,25-27,29-31H,7-8H2,1H3/t16-,18+,20+,21-,22+,23+/m0/s1. The highest BCUT2D eigenvalue weighted by atomic mass is 16.7. The van der Waals surface area contributed by atoms with E-state index in [0.29, 0.717) is 5.56 Å². The van der Waals surface area contributed by atoms with E-state index in [1.54, 1.807) is 0 Å². The number of rotatable bonds is 5. The van der Waals surface area contributed by atoms with Gasteiger partial charge in [0, 0.05) is 19.1 Å². The van der Waals surface area contributed by atoms with Crippen LogP contribution in [0.15, 0.2) is 30.3 Å². The van der Waals surface area contributed by atoms with Crippen molar-refractivity contribution in [1.29, 1.82) is 0 Å². The second kappa shape index (κ2) is 9.58. The average Bonchev–Trinajstić information content (AvgIpc) is 2.79. The Bertz CT molecular complexity index is 1130. The number of phenolic OH excluding ortho intramolecular Hbond substituents is 3. The zero-order chi connectivity index (χ0) is 25.4. The van der Waals surface area contributed by atoms with Gasteiger partial charge in [-0.1, -0.05) is 6.07 Å². The minimum absolute atomic E-state index is 0.0452. The van der Waals surface area contributed by atoms with Crippen molar-refractivity contribution >= 4 is 11.8 Å². The first-order chi connectivity index (χ1) is 16.5. The smallest absolute Gasteiger partial charge is 0.302 e. The fraction of sp³-hybridized carbons (Fsp3) is 0.391. The molecule has 4 rings (SSSR count). The number of fused-ring (bicyclic) bond motifs is 1. The van der Waals surface area contributed by atoms with Crippen LogP contribution in [0.4, 0.5) is 0 Å². The lowest BCUT2D eigenvalue weighted by molar-refractivity contribution is -0.278. The molecule has 0 radical (unpaired) electrons. The number of benzene rings is 2. The van der Waals surface area contributed by atoms with E-state index in [2.05, 4.69) is 0 Å². The monoisotopic (exact) mass is 492 g/mol. The number of aromatic hydroxyl groups is 3. The van der Waals surface area contributed by atoms with Gasteiger partial charge in [-0.2, -0.15) is 0 Å². The number of phenols is 3. The largest absolute Gasteiger partial charge is 0.507 e. The molecular formula is C23H24O12. The zero-order valence-electron chi connectivity index (χ0n) is 18.4. The van der Waals surface area contributed by atoms with E-state index in [4.69, 9.17) is 18.9 Å². The van der Waals surface area contributed by atoms with Crippen LogP contribution in [-0.4, -0.2) is 79.7 Å². The van der Waals surface area contributed by atoms with E-state index >= 15 is 0 Å². The number of carbonyl (C=O) groups is 2. The van der Waals surface area contributed by atoms with Crippen LogP contribution in [0, 0.1) is 0 Å². The Kier molecular flexibility index (Phi) is 6.72. The number of hydrogen-bond donors (Lipinski definition) is 6. The molecule has 2 aliphatic heterocycles. The third-order valence-electron chi connectivity index (χ3n) is 5.72. The highest BCUT2D eigenvalue weighted by Crippen LogP contribution is 2.43. The van der Waals surface area contributed by atoms with Gasteiger partial charge in [0.05, 0.1) is 6.42 Å². The molecule has 188 valence electrons. The van der Waals surface area contributed by atoms with Crippen molar-refractivity contribution in [2.24, 2.45) is 0 Å². The summed E-state index contributed by atoms with van der Waals surface area (Å²) in [6.07, 6.45) is -8.68. The summed E-state index contributed by atoms with van der Waals surface area (Å²) in [5.74, 6) is -2.42. The molecule has 12 nitrogen and oxygen atoms in total. The van der Waals surface area contributed by atoms with Crippen LogP contribution >= 0.6 is 0 Å². The Labute approximate surface area is 198 Å². The van der Waals surface area contributed by atoms with Crippen molar-refractivity contribution in [2.45, 2.75) is 50.2 Å². The third kappa shape index (κ3) is 4.95. The number of esters is 1. The summed E-state index contributed by atoms with van der Waals surface area (Å²) in [5, 5.41) is 60.3. The van der Waals surface area contributed by atoms with Gasteiger partial charge in [-0.05, 0) is 17.7 Å². The first-order valence-electron chi connectivity index (χ1n) is 10.6. The number of ketones is 1. The lowest BCUT2D eigenvalue weighted by atomic mass is 9.95. The average molecular weight is 492 g/mol. The van der Waals surface area contributed by atoms with Crippen molar-refractivity contribution in [3.63, 3.8) is 0 Å². The maximum Gasteiger partial charge on any atom is 0.302 e. The number of carbonyl (C=O) groups excluding carboxylic acids is 2. The predicted octanol–water partition coefficient (Wildman–Crippen LogP) is 0.259. The number of Topliss-reactive ketones (excluding diaryl/α,β-unsaturated/α-hetero) is 1. The molecule has 0 spiro atoms. The molecule has 1 fully saturated rings. The van der Waals surface area contributed by atoms with Gasteiger partial charge < -0.3 is 49.6 Å². The van der Waals surface area contributed by atoms with Gasteiger partial charge in [0.1, 0.15) is 59.9 Å². The van der Waals surface area contributed by atoms with Crippen molar-refractivity contribution in [3.8, 4) is 28.7 Å². The third-order valence-corrected chi connectivity index (χ3v) is 5.72. The molecule has 2 heterocycles. The topological polar surface area (TPSA) is 192 Å². The lowest BCUT2D eigenvalue weighted by Crippen LogP contribution is -2.60. The van der Waals surface area contributed by atoms with Gasteiger partial charge >= 0.3 is 5.97 Å². The van der Waals surface area contributed by atoms with Gasteiger partial charge in [-0.3, -0.25) is 9.59 Å². The molecule has 0 unspecified atom stereocenters. The zero-order valence-corrected chi connectivity index (χ0v) is 18.4. The molecule has 0 aliphatic carbocycles. The van der Waals surface area contributed by atoms with E-state index < -0.39 is 66.7 Å². The predicted molar refractivity (Wildman–Crippen MR) is 114 cm³/mol. The molecule has 6 N–H and O–H groups in total. The molecule has 1 saturated heterocycles. The van der Waals surface area contributed by atoms with Gasteiger partial charge in [0.15, 0.2) is 17.3 Å². The van der Waals surface area contributed by atoms with Crippen LogP contribution in [0.3, 0.4) is 0 Å². The number of ether oxygens (including phenoxy) is 4. The lowest BCUT2D eigenvalue weighted by Gasteiger charge is -2.40. The summed E-state index contributed by atoms with van der Waals surface area (Å²) in [7, 11) is 0. The molecule has 2 aliphatic rings. The van der Waals surface area contributed by atoms with Crippen molar-refractivity contribution < 1.29 is 59.2 Å². The summed E-state index contributed by atoms with van der Waals surface area (Å²) >= 11 is 0. The quantitative estimate of drug-likeness (QED) is 0.247.